The first-order valence-electron chi connectivity index (χ1n) is 9.32. The van der Waals surface area contributed by atoms with E-state index in [0.717, 1.165) is 11.3 Å². The second-order valence-corrected chi connectivity index (χ2v) is 8.43. The van der Waals surface area contributed by atoms with E-state index in [1.165, 1.54) is 10.9 Å². The highest BCUT2D eigenvalue weighted by Crippen LogP contribution is 2.28. The fourth-order valence-corrected chi connectivity index (χ4v) is 4.09. The van der Waals surface area contributed by atoms with E-state index in [4.69, 9.17) is 21.1 Å². The maximum atomic E-state index is 13.0. The Hall–Kier alpha value is -2.71. The second-order valence-electron chi connectivity index (χ2n) is 7.02. The Morgan fingerprint density at radius 1 is 1.23 bits per heavy atom. The van der Waals surface area contributed by atoms with E-state index < -0.39 is 23.5 Å². The number of carbonyl (C=O) groups is 2. The van der Waals surface area contributed by atoms with Gasteiger partial charge in [-0.3, -0.25) is 9.36 Å². The average molecular weight is 449 g/mol. The lowest BCUT2D eigenvalue weighted by molar-refractivity contribution is -0.148. The van der Waals surface area contributed by atoms with E-state index in [2.05, 4.69) is 4.98 Å². The molecular weight excluding hydrogens is 428 g/mol. The lowest BCUT2D eigenvalue weighted by Crippen LogP contribution is -2.29. The Bertz CT molecular complexity index is 1170. The summed E-state index contributed by atoms with van der Waals surface area (Å²) in [5.41, 5.74) is 0.742. The number of fused-ring (bicyclic) bond motifs is 1. The fourth-order valence-electron chi connectivity index (χ4n) is 2.87. The van der Waals surface area contributed by atoms with Crippen LogP contribution in [0.1, 0.15) is 47.6 Å². The molecule has 0 aliphatic heterocycles. The van der Waals surface area contributed by atoms with Crippen molar-refractivity contribution in [1.82, 2.24) is 9.55 Å². The Morgan fingerprint density at radius 3 is 2.60 bits per heavy atom. The summed E-state index contributed by atoms with van der Waals surface area (Å²) in [6.07, 6.45) is 1.01. The predicted octanol–water partition coefficient (Wildman–Crippen LogP) is 4.29. The number of carbonyl (C=O) groups excluding carboxylic acids is 2. The lowest BCUT2D eigenvalue weighted by atomic mass is 10.2. The van der Waals surface area contributed by atoms with Gasteiger partial charge in [0.05, 0.1) is 17.8 Å². The summed E-state index contributed by atoms with van der Waals surface area (Å²) >= 11 is 7.17. The van der Waals surface area contributed by atoms with Crippen molar-refractivity contribution in [3.05, 3.63) is 62.0 Å². The van der Waals surface area contributed by atoms with Gasteiger partial charge >= 0.3 is 11.9 Å². The smallest absolute Gasteiger partial charge is 0.348 e. The molecule has 3 aromatic rings. The molecule has 0 bridgehead atoms. The molecule has 0 saturated carbocycles. The third-order valence-corrected chi connectivity index (χ3v) is 6.04. The molecule has 2 heterocycles. The SMILES string of the molecule is Cc1c(C(=O)OC(C)C)sc2ncn(C(C)C(=O)OCc3ccccc3Cl)c(=O)c12. The Kier molecular flexibility index (Phi) is 6.58. The maximum Gasteiger partial charge on any atom is 0.348 e. The van der Waals surface area contributed by atoms with E-state index in [1.54, 1.807) is 52.0 Å². The van der Waals surface area contributed by atoms with Gasteiger partial charge in [0.25, 0.3) is 5.56 Å². The van der Waals surface area contributed by atoms with E-state index in [1.807, 2.05) is 0 Å². The molecule has 0 radical (unpaired) electrons. The van der Waals surface area contributed by atoms with Crippen LogP contribution in [0.3, 0.4) is 0 Å². The van der Waals surface area contributed by atoms with Crippen LogP contribution in [0.2, 0.25) is 5.02 Å². The number of hydrogen-bond acceptors (Lipinski definition) is 7. The van der Waals surface area contributed by atoms with E-state index in [0.29, 0.717) is 31.2 Å². The van der Waals surface area contributed by atoms with Crippen molar-refractivity contribution in [3.8, 4) is 0 Å². The third kappa shape index (κ3) is 4.39. The summed E-state index contributed by atoms with van der Waals surface area (Å²) in [4.78, 5) is 42.9. The Morgan fingerprint density at radius 2 is 1.93 bits per heavy atom. The summed E-state index contributed by atoms with van der Waals surface area (Å²) in [5, 5.41) is 0.789. The number of halogens is 1. The Labute approximate surface area is 182 Å². The molecule has 0 N–H and O–H groups in total. The molecule has 0 amide bonds. The second kappa shape index (κ2) is 8.97. The van der Waals surface area contributed by atoms with Crippen LogP contribution < -0.4 is 5.56 Å². The van der Waals surface area contributed by atoms with Gasteiger partial charge in [-0.1, -0.05) is 29.8 Å². The molecule has 0 saturated heterocycles. The first-order valence-corrected chi connectivity index (χ1v) is 10.5. The van der Waals surface area contributed by atoms with Crippen LogP contribution >= 0.6 is 22.9 Å². The minimum atomic E-state index is -0.901. The molecule has 9 heteroatoms. The van der Waals surface area contributed by atoms with E-state index in [9.17, 15) is 14.4 Å². The van der Waals surface area contributed by atoms with Gasteiger partial charge in [-0.2, -0.15) is 0 Å². The number of esters is 2. The van der Waals surface area contributed by atoms with Gasteiger partial charge in [-0.05, 0) is 39.3 Å². The summed E-state index contributed by atoms with van der Waals surface area (Å²) in [5.74, 6) is -1.09. The van der Waals surface area contributed by atoms with Crippen molar-refractivity contribution in [3.63, 3.8) is 0 Å². The molecule has 1 aromatic carbocycles. The molecule has 0 aliphatic rings. The molecule has 0 spiro atoms. The molecule has 0 fully saturated rings. The van der Waals surface area contributed by atoms with Gasteiger partial charge in [0.1, 0.15) is 22.4 Å². The third-order valence-electron chi connectivity index (χ3n) is 4.49. The molecule has 2 aromatic heterocycles. The van der Waals surface area contributed by atoms with Crippen LogP contribution in [0.5, 0.6) is 0 Å². The zero-order valence-electron chi connectivity index (χ0n) is 17.0. The van der Waals surface area contributed by atoms with Gasteiger partial charge in [-0.25, -0.2) is 14.6 Å². The molecule has 7 nitrogen and oxygen atoms in total. The van der Waals surface area contributed by atoms with Crippen molar-refractivity contribution in [2.45, 2.75) is 46.4 Å². The van der Waals surface area contributed by atoms with Crippen LogP contribution in [0.4, 0.5) is 0 Å². The number of aromatic nitrogens is 2. The van der Waals surface area contributed by atoms with Gasteiger partial charge < -0.3 is 9.47 Å². The Balaban J connectivity index is 1.86. The normalized spacial score (nSPS) is 12.2. The zero-order valence-corrected chi connectivity index (χ0v) is 18.5. The van der Waals surface area contributed by atoms with Crippen LogP contribution in [-0.4, -0.2) is 27.6 Å². The molecule has 3 rings (SSSR count). The highest BCUT2D eigenvalue weighted by Gasteiger charge is 2.24. The highest BCUT2D eigenvalue weighted by molar-refractivity contribution is 7.20. The molecule has 158 valence electrons. The minimum absolute atomic E-state index is 0.00403. The van der Waals surface area contributed by atoms with Gasteiger partial charge in [0.2, 0.25) is 0 Å². The maximum absolute atomic E-state index is 13.0. The number of rotatable bonds is 6. The number of hydrogen-bond donors (Lipinski definition) is 0. The van der Waals surface area contributed by atoms with E-state index >= 15 is 0 Å². The van der Waals surface area contributed by atoms with Crippen LogP contribution in [0.15, 0.2) is 35.4 Å². The molecule has 30 heavy (non-hydrogen) atoms. The predicted molar refractivity (Wildman–Crippen MR) is 115 cm³/mol. The van der Waals surface area contributed by atoms with Gasteiger partial charge in [-0.15, -0.1) is 11.3 Å². The van der Waals surface area contributed by atoms with Crippen LogP contribution in [0.25, 0.3) is 10.2 Å². The number of nitrogens with zero attached hydrogens (tertiary/aromatic N) is 2. The van der Waals surface area contributed by atoms with Gasteiger partial charge in [0, 0.05) is 10.6 Å². The first kappa shape index (κ1) is 22.0. The van der Waals surface area contributed by atoms with Crippen LogP contribution in [0, 0.1) is 6.92 Å². The van der Waals surface area contributed by atoms with Crippen molar-refractivity contribution in [2.75, 3.05) is 0 Å². The van der Waals surface area contributed by atoms with E-state index in [-0.39, 0.29) is 12.7 Å². The monoisotopic (exact) mass is 448 g/mol. The zero-order chi connectivity index (χ0) is 22.0. The number of benzene rings is 1. The average Bonchev–Trinajstić information content (AvgIpc) is 3.04. The number of ether oxygens (including phenoxy) is 2. The minimum Gasteiger partial charge on any atom is -0.459 e. The van der Waals surface area contributed by atoms with Crippen molar-refractivity contribution in [2.24, 2.45) is 0 Å². The summed E-state index contributed by atoms with van der Waals surface area (Å²) in [7, 11) is 0. The lowest BCUT2D eigenvalue weighted by Gasteiger charge is -2.14. The van der Waals surface area contributed by atoms with Crippen molar-refractivity contribution >= 4 is 45.1 Å². The summed E-state index contributed by atoms with van der Waals surface area (Å²) < 4.78 is 11.8. The standard InChI is InChI=1S/C21H21ClN2O5S/c1-11(2)29-21(27)17-12(3)16-18(30-17)23-10-24(19(16)25)13(4)20(26)28-9-14-7-5-6-8-15(14)22/h5-8,10-11,13H,9H2,1-4H3. The topological polar surface area (TPSA) is 87.5 Å². The summed E-state index contributed by atoms with van der Waals surface area (Å²) in [6.45, 7) is 6.72. The highest BCUT2D eigenvalue weighted by atomic mass is 35.5. The van der Waals surface area contributed by atoms with Crippen molar-refractivity contribution < 1.29 is 19.1 Å². The van der Waals surface area contributed by atoms with Crippen molar-refractivity contribution in [1.29, 1.82) is 0 Å². The largest absolute Gasteiger partial charge is 0.459 e. The molecule has 0 aliphatic carbocycles. The van der Waals surface area contributed by atoms with Crippen LogP contribution in [-0.2, 0) is 20.9 Å². The number of aryl methyl sites for hydroxylation is 1. The number of thiophene rings is 1. The fraction of sp³-hybridized carbons (Fsp3) is 0.333. The quantitative estimate of drug-likeness (QED) is 0.523. The summed E-state index contributed by atoms with van der Waals surface area (Å²) in [6, 6.07) is 6.14. The molecular formula is C21H21ClN2O5S. The molecule has 1 atom stereocenters. The molecule has 1 unspecified atom stereocenters. The van der Waals surface area contributed by atoms with Gasteiger partial charge in [0.15, 0.2) is 0 Å². The first-order chi connectivity index (χ1) is 14.2.